The van der Waals surface area contributed by atoms with E-state index in [1.54, 1.807) is 0 Å². The van der Waals surface area contributed by atoms with Crippen molar-refractivity contribution in [1.82, 2.24) is 5.32 Å². The van der Waals surface area contributed by atoms with Crippen LogP contribution < -0.4 is 11.1 Å². The highest BCUT2D eigenvalue weighted by molar-refractivity contribution is 5.95. The Hall–Kier alpha value is -1.35. The topological polar surface area (TPSA) is 55.1 Å². The molecule has 0 heterocycles. The summed E-state index contributed by atoms with van der Waals surface area (Å²) in [6, 6.07) is 7.46. The van der Waals surface area contributed by atoms with Gasteiger partial charge >= 0.3 is 0 Å². The first-order valence-corrected chi connectivity index (χ1v) is 5.24. The summed E-state index contributed by atoms with van der Waals surface area (Å²) >= 11 is 0. The maximum Gasteiger partial charge on any atom is 0.251 e. The van der Waals surface area contributed by atoms with Crippen molar-refractivity contribution >= 4 is 5.91 Å². The fourth-order valence-electron chi connectivity index (χ4n) is 1.50. The third kappa shape index (κ3) is 2.36. The summed E-state index contributed by atoms with van der Waals surface area (Å²) < 4.78 is 0. The van der Waals surface area contributed by atoms with E-state index in [-0.39, 0.29) is 11.4 Å². The Kier molecular flexibility index (Phi) is 2.49. The second-order valence-corrected chi connectivity index (χ2v) is 4.42. The predicted molar refractivity (Wildman–Crippen MR) is 59.4 cm³/mol. The molecule has 1 amide bonds. The first-order valence-electron chi connectivity index (χ1n) is 5.24. The van der Waals surface area contributed by atoms with Crippen molar-refractivity contribution in [2.75, 3.05) is 0 Å². The van der Waals surface area contributed by atoms with Gasteiger partial charge in [-0.2, -0.15) is 0 Å². The van der Waals surface area contributed by atoms with Gasteiger partial charge < -0.3 is 11.1 Å². The van der Waals surface area contributed by atoms with Gasteiger partial charge in [-0.25, -0.2) is 0 Å². The Balaban J connectivity index is 2.10. The fourth-order valence-corrected chi connectivity index (χ4v) is 1.50. The monoisotopic (exact) mass is 204 g/mol. The van der Waals surface area contributed by atoms with E-state index in [0.29, 0.717) is 12.1 Å². The van der Waals surface area contributed by atoms with Crippen LogP contribution in [0.5, 0.6) is 0 Å². The van der Waals surface area contributed by atoms with E-state index in [9.17, 15) is 4.79 Å². The quantitative estimate of drug-likeness (QED) is 0.782. The van der Waals surface area contributed by atoms with E-state index in [0.717, 1.165) is 18.4 Å². The van der Waals surface area contributed by atoms with Gasteiger partial charge in [-0.05, 0) is 37.5 Å². The van der Waals surface area contributed by atoms with E-state index >= 15 is 0 Å². The van der Waals surface area contributed by atoms with Gasteiger partial charge in [0.2, 0.25) is 0 Å². The molecule has 80 valence electrons. The first-order chi connectivity index (χ1) is 7.13. The summed E-state index contributed by atoms with van der Waals surface area (Å²) in [5, 5.41) is 3.02. The van der Waals surface area contributed by atoms with Crippen molar-refractivity contribution in [3.05, 3.63) is 35.4 Å². The highest BCUT2D eigenvalue weighted by Crippen LogP contribution is 2.34. The number of carbonyl (C=O) groups is 1. The minimum Gasteiger partial charge on any atom is -0.347 e. The van der Waals surface area contributed by atoms with Gasteiger partial charge in [-0.1, -0.05) is 12.1 Å². The Labute approximate surface area is 89.7 Å². The average Bonchev–Trinajstić information content (AvgIpc) is 2.96. The smallest absolute Gasteiger partial charge is 0.251 e. The number of rotatable bonds is 3. The zero-order valence-electron chi connectivity index (χ0n) is 8.92. The number of carbonyl (C=O) groups excluding carboxylic acids is 1. The minimum absolute atomic E-state index is 0.00491. The largest absolute Gasteiger partial charge is 0.347 e. The SMILES string of the molecule is CC1(NC(=O)c2cccc(CN)c2)CC1. The van der Waals surface area contributed by atoms with Gasteiger partial charge in [0.05, 0.1) is 0 Å². The molecule has 0 saturated heterocycles. The lowest BCUT2D eigenvalue weighted by Crippen LogP contribution is -2.34. The number of nitrogens with two attached hydrogens (primary N) is 1. The Bertz CT molecular complexity index is 383. The second kappa shape index (κ2) is 3.66. The predicted octanol–water partition coefficient (Wildman–Crippen LogP) is 1.43. The molecule has 1 aromatic rings. The van der Waals surface area contributed by atoms with Gasteiger partial charge in [0.15, 0.2) is 0 Å². The van der Waals surface area contributed by atoms with Crippen molar-refractivity contribution in [1.29, 1.82) is 0 Å². The van der Waals surface area contributed by atoms with E-state index in [1.165, 1.54) is 0 Å². The molecule has 1 aromatic carbocycles. The average molecular weight is 204 g/mol. The maximum atomic E-state index is 11.8. The molecule has 0 aliphatic heterocycles. The van der Waals surface area contributed by atoms with Gasteiger partial charge in [0.1, 0.15) is 0 Å². The standard InChI is InChI=1S/C12H16N2O/c1-12(5-6-12)14-11(15)10-4-2-3-9(7-10)8-13/h2-4,7H,5-6,8,13H2,1H3,(H,14,15). The van der Waals surface area contributed by atoms with Crippen LogP contribution in [-0.2, 0) is 6.54 Å². The van der Waals surface area contributed by atoms with Crippen molar-refractivity contribution < 1.29 is 4.79 Å². The second-order valence-electron chi connectivity index (χ2n) is 4.42. The van der Waals surface area contributed by atoms with Crippen LogP contribution >= 0.6 is 0 Å². The van der Waals surface area contributed by atoms with E-state index in [4.69, 9.17) is 5.73 Å². The lowest BCUT2D eigenvalue weighted by molar-refractivity contribution is 0.0935. The number of amides is 1. The first kappa shape index (κ1) is 10.2. The summed E-state index contributed by atoms with van der Waals surface area (Å²) in [6.45, 7) is 2.54. The molecule has 2 rings (SSSR count). The molecule has 3 N–H and O–H groups in total. The van der Waals surface area contributed by atoms with E-state index in [1.807, 2.05) is 24.3 Å². The Morgan fingerprint density at radius 2 is 2.27 bits per heavy atom. The van der Waals surface area contributed by atoms with Gasteiger partial charge in [-0.3, -0.25) is 4.79 Å². The normalized spacial score (nSPS) is 17.2. The minimum atomic E-state index is 0.00491. The molecule has 1 saturated carbocycles. The third-order valence-electron chi connectivity index (χ3n) is 2.84. The molecule has 0 aromatic heterocycles. The molecule has 0 atom stereocenters. The zero-order chi connectivity index (χ0) is 10.9. The molecule has 3 heteroatoms. The van der Waals surface area contributed by atoms with Crippen molar-refractivity contribution in [3.63, 3.8) is 0 Å². The number of hydrogen-bond acceptors (Lipinski definition) is 2. The van der Waals surface area contributed by atoms with Crippen LogP contribution in [0.1, 0.15) is 35.7 Å². The van der Waals surface area contributed by atoms with Crippen LogP contribution in [0, 0.1) is 0 Å². The molecule has 0 spiro atoms. The summed E-state index contributed by atoms with van der Waals surface area (Å²) in [5.74, 6) is 0.00491. The van der Waals surface area contributed by atoms with Crippen LogP contribution in [0.15, 0.2) is 24.3 Å². The van der Waals surface area contributed by atoms with Crippen LogP contribution in [0.2, 0.25) is 0 Å². The summed E-state index contributed by atoms with van der Waals surface area (Å²) in [4.78, 5) is 11.8. The summed E-state index contributed by atoms with van der Waals surface area (Å²) in [5.41, 5.74) is 7.25. The molecule has 0 radical (unpaired) electrons. The molecule has 1 aliphatic carbocycles. The Morgan fingerprint density at radius 3 is 2.87 bits per heavy atom. The van der Waals surface area contributed by atoms with Crippen LogP contribution in [0.3, 0.4) is 0 Å². The fraction of sp³-hybridized carbons (Fsp3) is 0.417. The molecular weight excluding hydrogens is 188 g/mol. The van der Waals surface area contributed by atoms with Crippen LogP contribution in [0.4, 0.5) is 0 Å². The molecule has 0 bridgehead atoms. The van der Waals surface area contributed by atoms with Gasteiger partial charge in [-0.15, -0.1) is 0 Å². The molecule has 1 fully saturated rings. The van der Waals surface area contributed by atoms with E-state index < -0.39 is 0 Å². The number of benzene rings is 1. The van der Waals surface area contributed by atoms with Gasteiger partial charge in [0.25, 0.3) is 5.91 Å². The Morgan fingerprint density at radius 1 is 1.53 bits per heavy atom. The lowest BCUT2D eigenvalue weighted by atomic mass is 10.1. The highest BCUT2D eigenvalue weighted by Gasteiger charge is 2.38. The molecule has 0 unspecified atom stereocenters. The molecular formula is C12H16N2O. The highest BCUT2D eigenvalue weighted by atomic mass is 16.1. The lowest BCUT2D eigenvalue weighted by Gasteiger charge is -2.11. The van der Waals surface area contributed by atoms with E-state index in [2.05, 4.69) is 12.2 Å². The molecule has 1 aliphatic rings. The molecule has 3 nitrogen and oxygen atoms in total. The maximum absolute atomic E-state index is 11.8. The summed E-state index contributed by atoms with van der Waals surface area (Å²) in [6.07, 6.45) is 2.16. The number of nitrogens with one attached hydrogen (secondary N) is 1. The van der Waals surface area contributed by atoms with Gasteiger partial charge in [0, 0.05) is 17.6 Å². The van der Waals surface area contributed by atoms with Crippen LogP contribution in [0.25, 0.3) is 0 Å². The van der Waals surface area contributed by atoms with Crippen molar-refractivity contribution in [2.24, 2.45) is 5.73 Å². The zero-order valence-corrected chi connectivity index (χ0v) is 8.92. The molecule has 15 heavy (non-hydrogen) atoms. The van der Waals surface area contributed by atoms with Crippen LogP contribution in [-0.4, -0.2) is 11.4 Å². The number of hydrogen-bond donors (Lipinski definition) is 2. The van der Waals surface area contributed by atoms with Crippen molar-refractivity contribution in [2.45, 2.75) is 31.8 Å². The third-order valence-corrected chi connectivity index (χ3v) is 2.84. The van der Waals surface area contributed by atoms with Crippen molar-refractivity contribution in [3.8, 4) is 0 Å². The summed E-state index contributed by atoms with van der Waals surface area (Å²) in [7, 11) is 0.